The number of benzene rings is 2. The first-order valence-electron chi connectivity index (χ1n) is 10.9. The van der Waals surface area contributed by atoms with E-state index in [2.05, 4.69) is 34.3 Å². The van der Waals surface area contributed by atoms with Crippen LogP contribution in [0.3, 0.4) is 0 Å². The summed E-state index contributed by atoms with van der Waals surface area (Å²) >= 11 is 0. The Morgan fingerprint density at radius 3 is 2.62 bits per heavy atom. The Hall–Kier alpha value is -1.91. The smallest absolute Gasteiger partial charge is 0.194 e. The summed E-state index contributed by atoms with van der Waals surface area (Å²) in [4.78, 5) is 8.69. The van der Waals surface area contributed by atoms with Crippen molar-refractivity contribution in [3.63, 3.8) is 0 Å². The van der Waals surface area contributed by atoms with Crippen molar-refractivity contribution in [2.75, 3.05) is 57.9 Å². The maximum atomic E-state index is 14.7. The Kier molecular flexibility index (Phi) is 9.12. The zero-order valence-corrected chi connectivity index (χ0v) is 21.1. The number of aryl methyl sites for hydroxylation is 1. The molecule has 2 heterocycles. The van der Waals surface area contributed by atoms with Crippen molar-refractivity contribution in [1.82, 2.24) is 10.2 Å². The van der Waals surface area contributed by atoms with Gasteiger partial charge < -0.3 is 24.6 Å². The quantitative estimate of drug-likeness (QED) is 0.355. The highest BCUT2D eigenvalue weighted by Crippen LogP contribution is 2.25. The number of ether oxygens (including phenoxy) is 2. The van der Waals surface area contributed by atoms with Crippen LogP contribution in [0.4, 0.5) is 10.1 Å². The molecule has 174 valence electrons. The molecule has 0 spiro atoms. The average Bonchev–Trinajstić information content (AvgIpc) is 2.81. The molecule has 2 saturated heterocycles. The minimum absolute atomic E-state index is 0. The Morgan fingerprint density at radius 2 is 1.91 bits per heavy atom. The molecule has 1 atom stereocenters. The highest BCUT2D eigenvalue weighted by molar-refractivity contribution is 14.0. The molecule has 6 nitrogen and oxygen atoms in total. The Morgan fingerprint density at radius 1 is 1.12 bits per heavy atom. The van der Waals surface area contributed by atoms with Crippen LogP contribution >= 0.6 is 24.0 Å². The first-order chi connectivity index (χ1) is 15.2. The third-order valence-electron chi connectivity index (χ3n) is 5.93. The molecule has 8 heteroatoms. The molecule has 2 aromatic rings. The molecular formula is C24H32FIN4O2. The van der Waals surface area contributed by atoms with Crippen LogP contribution < -0.4 is 10.2 Å². The second kappa shape index (κ2) is 11.8. The van der Waals surface area contributed by atoms with Crippen LogP contribution in [0.1, 0.15) is 22.8 Å². The van der Waals surface area contributed by atoms with Crippen LogP contribution in [0, 0.1) is 12.7 Å². The van der Waals surface area contributed by atoms with Gasteiger partial charge in [-0.15, -0.1) is 24.0 Å². The largest absolute Gasteiger partial charge is 0.378 e. The van der Waals surface area contributed by atoms with E-state index in [1.807, 2.05) is 29.2 Å². The molecule has 32 heavy (non-hydrogen) atoms. The Labute approximate surface area is 206 Å². The predicted molar refractivity (Wildman–Crippen MR) is 136 cm³/mol. The lowest BCUT2D eigenvalue weighted by atomic mass is 10.0. The van der Waals surface area contributed by atoms with Crippen LogP contribution in [-0.2, 0) is 16.0 Å². The van der Waals surface area contributed by atoms with Gasteiger partial charge in [-0.3, -0.25) is 4.99 Å². The molecule has 1 unspecified atom stereocenters. The molecule has 0 aromatic heterocycles. The second-order valence-electron chi connectivity index (χ2n) is 7.95. The molecule has 0 amide bonds. The molecule has 4 rings (SSSR count). The van der Waals surface area contributed by atoms with Crippen molar-refractivity contribution in [3.05, 3.63) is 65.0 Å². The van der Waals surface area contributed by atoms with Crippen molar-refractivity contribution >= 4 is 35.6 Å². The van der Waals surface area contributed by atoms with Gasteiger partial charge in [0, 0.05) is 33.2 Å². The van der Waals surface area contributed by atoms with Gasteiger partial charge >= 0.3 is 0 Å². The summed E-state index contributed by atoms with van der Waals surface area (Å²) in [5.41, 5.74) is 3.97. The van der Waals surface area contributed by atoms with E-state index >= 15 is 0 Å². The van der Waals surface area contributed by atoms with Crippen LogP contribution in [0.5, 0.6) is 0 Å². The molecule has 1 N–H and O–H groups in total. The molecule has 0 radical (unpaired) electrons. The van der Waals surface area contributed by atoms with E-state index in [1.165, 1.54) is 11.1 Å². The van der Waals surface area contributed by atoms with E-state index in [4.69, 9.17) is 9.47 Å². The highest BCUT2D eigenvalue weighted by Gasteiger charge is 2.25. The van der Waals surface area contributed by atoms with Gasteiger partial charge in [0.05, 0.1) is 32.1 Å². The summed E-state index contributed by atoms with van der Waals surface area (Å²) in [5, 5.41) is 3.39. The molecule has 2 aromatic carbocycles. The summed E-state index contributed by atoms with van der Waals surface area (Å²) in [5.74, 6) is 0.613. The Bertz CT molecular complexity index is 921. The number of morpholine rings is 2. The molecule has 0 bridgehead atoms. The van der Waals surface area contributed by atoms with Gasteiger partial charge in [-0.05, 0) is 35.7 Å². The number of aliphatic imine (C=N–C) groups is 1. The van der Waals surface area contributed by atoms with Gasteiger partial charge in [-0.25, -0.2) is 4.39 Å². The fraction of sp³-hybridized carbons (Fsp3) is 0.458. The standard InChI is InChI=1S/C24H31FN4O2.HI/c1-18-5-3-4-6-20(18)23-17-29(11-14-31-23)24(26-2)27-16-19-7-8-22(21(25)15-19)28-9-12-30-13-10-28;/h3-8,15,23H,9-14,16-17H2,1-2H3,(H,26,27);1H. The van der Waals surface area contributed by atoms with Crippen LogP contribution in [-0.4, -0.2) is 63.9 Å². The molecule has 0 saturated carbocycles. The molecule has 2 fully saturated rings. The monoisotopic (exact) mass is 554 g/mol. The van der Waals surface area contributed by atoms with E-state index in [-0.39, 0.29) is 35.9 Å². The van der Waals surface area contributed by atoms with Gasteiger partial charge in [0.1, 0.15) is 11.9 Å². The zero-order chi connectivity index (χ0) is 21.6. The van der Waals surface area contributed by atoms with E-state index < -0.39 is 0 Å². The van der Waals surface area contributed by atoms with Gasteiger partial charge in [-0.1, -0.05) is 30.3 Å². The lowest BCUT2D eigenvalue weighted by molar-refractivity contribution is -0.00833. The molecule has 2 aliphatic heterocycles. The van der Waals surface area contributed by atoms with Crippen LogP contribution in [0.15, 0.2) is 47.5 Å². The fourth-order valence-electron chi connectivity index (χ4n) is 4.21. The number of guanidine groups is 1. The maximum absolute atomic E-state index is 14.7. The SMILES string of the molecule is CN=C(NCc1ccc(N2CCOCC2)c(F)c1)N1CCOC(c2ccccc2C)C1.I. The summed E-state index contributed by atoms with van der Waals surface area (Å²) in [6.45, 7) is 7.49. The number of hydrogen-bond acceptors (Lipinski definition) is 4. The van der Waals surface area contributed by atoms with Crippen molar-refractivity contribution in [3.8, 4) is 0 Å². The molecule has 2 aliphatic rings. The van der Waals surface area contributed by atoms with Crippen LogP contribution in [0.25, 0.3) is 0 Å². The van der Waals surface area contributed by atoms with Gasteiger partial charge in [0.2, 0.25) is 0 Å². The lowest BCUT2D eigenvalue weighted by Crippen LogP contribution is -2.48. The normalized spacial score (nSPS) is 19.5. The number of hydrogen-bond donors (Lipinski definition) is 1. The number of nitrogens with one attached hydrogen (secondary N) is 1. The van der Waals surface area contributed by atoms with Crippen LogP contribution in [0.2, 0.25) is 0 Å². The van der Waals surface area contributed by atoms with E-state index in [1.54, 1.807) is 13.1 Å². The second-order valence-corrected chi connectivity index (χ2v) is 7.95. The maximum Gasteiger partial charge on any atom is 0.194 e. The van der Waals surface area contributed by atoms with E-state index in [9.17, 15) is 4.39 Å². The number of rotatable bonds is 4. The van der Waals surface area contributed by atoms with Gasteiger partial charge in [0.25, 0.3) is 0 Å². The van der Waals surface area contributed by atoms with Crippen molar-refractivity contribution in [2.45, 2.75) is 19.6 Å². The lowest BCUT2D eigenvalue weighted by Gasteiger charge is -2.35. The minimum Gasteiger partial charge on any atom is -0.378 e. The van der Waals surface area contributed by atoms with Crippen molar-refractivity contribution in [2.24, 2.45) is 4.99 Å². The fourth-order valence-corrected chi connectivity index (χ4v) is 4.21. The van der Waals surface area contributed by atoms with Crippen molar-refractivity contribution < 1.29 is 13.9 Å². The highest BCUT2D eigenvalue weighted by atomic mass is 127. The molecule has 0 aliphatic carbocycles. The molecular weight excluding hydrogens is 522 g/mol. The minimum atomic E-state index is -0.192. The summed E-state index contributed by atoms with van der Waals surface area (Å²) in [6.07, 6.45) is 0.0127. The number of nitrogens with zero attached hydrogens (tertiary/aromatic N) is 3. The van der Waals surface area contributed by atoms with E-state index in [0.717, 1.165) is 37.7 Å². The zero-order valence-electron chi connectivity index (χ0n) is 18.7. The van der Waals surface area contributed by atoms with Gasteiger partial charge in [-0.2, -0.15) is 0 Å². The summed E-state index contributed by atoms with van der Waals surface area (Å²) < 4.78 is 26.1. The first-order valence-corrected chi connectivity index (χ1v) is 10.9. The summed E-state index contributed by atoms with van der Waals surface area (Å²) in [7, 11) is 1.78. The first kappa shape index (κ1) is 24.7. The predicted octanol–water partition coefficient (Wildman–Crippen LogP) is 3.74. The average molecular weight is 554 g/mol. The third kappa shape index (κ3) is 5.90. The third-order valence-corrected chi connectivity index (χ3v) is 5.93. The Balaban J connectivity index is 0.00000289. The van der Waals surface area contributed by atoms with E-state index in [0.29, 0.717) is 32.1 Å². The number of anilines is 1. The number of halogens is 2. The van der Waals surface area contributed by atoms with Crippen molar-refractivity contribution in [1.29, 1.82) is 0 Å². The summed E-state index contributed by atoms with van der Waals surface area (Å²) in [6, 6.07) is 13.8. The van der Waals surface area contributed by atoms with Gasteiger partial charge in [0.15, 0.2) is 5.96 Å². The topological polar surface area (TPSA) is 49.3 Å².